The van der Waals surface area contributed by atoms with E-state index in [0.717, 1.165) is 0 Å². The van der Waals surface area contributed by atoms with Gasteiger partial charge in [-0.2, -0.15) is 4.99 Å². The number of aliphatic imine (C=N–C) groups is 1. The molecule has 1 unspecified atom stereocenters. The average Bonchev–Trinajstić information content (AvgIpc) is 2.28. The molecule has 1 atom stereocenters. The number of ether oxygens (including phenoxy) is 2. The molecule has 5 nitrogen and oxygen atoms in total. The molecule has 1 aliphatic heterocycles. The van der Waals surface area contributed by atoms with E-state index in [4.69, 9.17) is 15.2 Å². The molecule has 12 heavy (non-hydrogen) atoms. The molecule has 1 heterocycles. The number of hydrogen-bond acceptors (Lipinski definition) is 4. The zero-order valence-corrected chi connectivity index (χ0v) is 7.16. The van der Waals surface area contributed by atoms with Crippen molar-refractivity contribution in [3.63, 3.8) is 0 Å². The van der Waals surface area contributed by atoms with E-state index < -0.39 is 5.60 Å². The van der Waals surface area contributed by atoms with Gasteiger partial charge in [-0.1, -0.05) is 6.92 Å². The predicted octanol–water partition coefficient (Wildman–Crippen LogP) is -0.347. The highest BCUT2D eigenvalue weighted by Crippen LogP contribution is 2.23. The summed E-state index contributed by atoms with van der Waals surface area (Å²) >= 11 is 0. The van der Waals surface area contributed by atoms with Crippen molar-refractivity contribution in [3.05, 3.63) is 0 Å². The van der Waals surface area contributed by atoms with Crippen LogP contribution in [0.25, 0.3) is 0 Å². The van der Waals surface area contributed by atoms with Crippen LogP contribution < -0.4 is 5.73 Å². The maximum absolute atomic E-state index is 11.3. The van der Waals surface area contributed by atoms with Gasteiger partial charge in [0.05, 0.1) is 6.61 Å². The van der Waals surface area contributed by atoms with Gasteiger partial charge in [-0.15, -0.1) is 0 Å². The van der Waals surface area contributed by atoms with E-state index in [9.17, 15) is 4.79 Å². The first-order valence-electron chi connectivity index (χ1n) is 3.71. The Hall–Kier alpha value is -1.10. The highest BCUT2D eigenvalue weighted by atomic mass is 16.6. The molecule has 0 saturated carbocycles. The Morgan fingerprint density at radius 1 is 1.75 bits per heavy atom. The van der Waals surface area contributed by atoms with Crippen LogP contribution in [0.1, 0.15) is 13.3 Å². The maximum atomic E-state index is 11.3. The first kappa shape index (κ1) is 8.99. The van der Waals surface area contributed by atoms with Gasteiger partial charge in [0, 0.05) is 7.11 Å². The van der Waals surface area contributed by atoms with Crippen molar-refractivity contribution < 1.29 is 14.3 Å². The Labute approximate surface area is 70.5 Å². The SMILES string of the molecule is CCC1(COC)OC(N)=NC1=O. The largest absolute Gasteiger partial charge is 0.446 e. The van der Waals surface area contributed by atoms with Crippen molar-refractivity contribution in [1.82, 2.24) is 0 Å². The van der Waals surface area contributed by atoms with Crippen LogP contribution in [0.5, 0.6) is 0 Å². The van der Waals surface area contributed by atoms with E-state index in [1.165, 1.54) is 7.11 Å². The van der Waals surface area contributed by atoms with Crippen molar-refractivity contribution >= 4 is 11.9 Å². The van der Waals surface area contributed by atoms with E-state index in [1.807, 2.05) is 6.92 Å². The Morgan fingerprint density at radius 3 is 2.75 bits per heavy atom. The number of carbonyl (C=O) groups is 1. The van der Waals surface area contributed by atoms with Gasteiger partial charge in [0.2, 0.25) is 5.60 Å². The summed E-state index contributed by atoms with van der Waals surface area (Å²) < 4.78 is 9.97. The molecule has 0 aliphatic carbocycles. The molecule has 0 fully saturated rings. The Bertz CT molecular complexity index is 227. The number of nitrogens with zero attached hydrogens (tertiary/aromatic N) is 1. The van der Waals surface area contributed by atoms with E-state index in [1.54, 1.807) is 0 Å². The van der Waals surface area contributed by atoms with E-state index >= 15 is 0 Å². The lowest BCUT2D eigenvalue weighted by molar-refractivity contribution is -0.135. The molecule has 1 aliphatic rings. The third-order valence-electron chi connectivity index (χ3n) is 1.85. The van der Waals surface area contributed by atoms with Crippen LogP contribution in [0, 0.1) is 0 Å². The highest BCUT2D eigenvalue weighted by molar-refractivity contribution is 6.00. The van der Waals surface area contributed by atoms with Crippen LogP contribution in [-0.4, -0.2) is 31.2 Å². The number of nitrogens with two attached hydrogens (primary N) is 1. The first-order chi connectivity index (χ1) is 5.64. The second-order valence-corrected chi connectivity index (χ2v) is 2.64. The summed E-state index contributed by atoms with van der Waals surface area (Å²) in [5, 5.41) is 0. The molecular weight excluding hydrogens is 160 g/mol. The molecular formula is C7H12N2O3. The van der Waals surface area contributed by atoms with Crippen LogP contribution in [-0.2, 0) is 14.3 Å². The number of amides is 1. The lowest BCUT2D eigenvalue weighted by atomic mass is 10.0. The third-order valence-corrected chi connectivity index (χ3v) is 1.85. The quantitative estimate of drug-likeness (QED) is 0.631. The molecule has 0 spiro atoms. The number of hydrogen-bond donors (Lipinski definition) is 1. The van der Waals surface area contributed by atoms with E-state index in [2.05, 4.69) is 4.99 Å². The van der Waals surface area contributed by atoms with Crippen LogP contribution in [0.3, 0.4) is 0 Å². The van der Waals surface area contributed by atoms with Crippen molar-refractivity contribution in [2.75, 3.05) is 13.7 Å². The smallest absolute Gasteiger partial charge is 0.296 e. The van der Waals surface area contributed by atoms with Gasteiger partial charge in [0.15, 0.2) is 0 Å². The number of methoxy groups -OCH3 is 1. The predicted molar refractivity (Wildman–Crippen MR) is 42.6 cm³/mol. The fraction of sp³-hybridized carbons (Fsp3) is 0.714. The average molecular weight is 172 g/mol. The molecule has 0 aromatic carbocycles. The summed E-state index contributed by atoms with van der Waals surface area (Å²) in [4.78, 5) is 14.7. The zero-order chi connectivity index (χ0) is 9.19. The normalized spacial score (nSPS) is 28.5. The molecule has 0 radical (unpaired) electrons. The molecule has 0 aromatic rings. The minimum atomic E-state index is -0.973. The lowest BCUT2D eigenvalue weighted by Gasteiger charge is -2.22. The Balaban J connectivity index is 2.77. The minimum absolute atomic E-state index is 0.0705. The topological polar surface area (TPSA) is 73.9 Å². The van der Waals surface area contributed by atoms with Gasteiger partial charge in [-0.25, -0.2) is 0 Å². The Morgan fingerprint density at radius 2 is 2.42 bits per heavy atom. The van der Waals surface area contributed by atoms with Crippen LogP contribution in [0.2, 0.25) is 0 Å². The second kappa shape index (κ2) is 3.10. The monoisotopic (exact) mass is 172 g/mol. The fourth-order valence-corrected chi connectivity index (χ4v) is 1.12. The number of rotatable bonds is 3. The number of amidine groups is 1. The minimum Gasteiger partial charge on any atom is -0.446 e. The van der Waals surface area contributed by atoms with Gasteiger partial charge in [0.1, 0.15) is 0 Å². The molecule has 1 amide bonds. The molecule has 0 saturated heterocycles. The molecule has 5 heteroatoms. The maximum Gasteiger partial charge on any atom is 0.296 e. The van der Waals surface area contributed by atoms with Crippen LogP contribution >= 0.6 is 0 Å². The van der Waals surface area contributed by atoms with Gasteiger partial charge in [-0.05, 0) is 6.42 Å². The van der Waals surface area contributed by atoms with Crippen LogP contribution in [0.15, 0.2) is 4.99 Å². The van der Waals surface area contributed by atoms with Crippen molar-refractivity contribution in [2.24, 2.45) is 10.7 Å². The van der Waals surface area contributed by atoms with E-state index in [-0.39, 0.29) is 18.5 Å². The van der Waals surface area contributed by atoms with Gasteiger partial charge >= 0.3 is 0 Å². The zero-order valence-electron chi connectivity index (χ0n) is 7.16. The molecule has 2 N–H and O–H groups in total. The summed E-state index contributed by atoms with van der Waals surface area (Å²) in [5.74, 6) is -0.357. The second-order valence-electron chi connectivity index (χ2n) is 2.64. The summed E-state index contributed by atoms with van der Waals surface area (Å²) in [6.07, 6.45) is 0.504. The lowest BCUT2D eigenvalue weighted by Crippen LogP contribution is -2.42. The van der Waals surface area contributed by atoms with Gasteiger partial charge in [-0.3, -0.25) is 4.79 Å². The standard InChI is InChI=1S/C7H12N2O3/c1-3-7(4-11-2)5(10)9-6(8)12-7/h3-4H2,1-2H3,(H2,8,9,10). The van der Waals surface area contributed by atoms with Gasteiger partial charge < -0.3 is 15.2 Å². The van der Waals surface area contributed by atoms with Crippen molar-refractivity contribution in [1.29, 1.82) is 0 Å². The Kier molecular flexibility index (Phi) is 2.32. The number of carbonyl (C=O) groups excluding carboxylic acids is 1. The summed E-state index contributed by atoms with van der Waals surface area (Å²) in [6, 6.07) is -0.0705. The highest BCUT2D eigenvalue weighted by Gasteiger charge is 2.44. The van der Waals surface area contributed by atoms with Crippen molar-refractivity contribution in [3.8, 4) is 0 Å². The first-order valence-corrected chi connectivity index (χ1v) is 3.71. The summed E-state index contributed by atoms with van der Waals surface area (Å²) in [7, 11) is 1.50. The molecule has 0 bridgehead atoms. The molecule has 1 rings (SSSR count). The van der Waals surface area contributed by atoms with Crippen molar-refractivity contribution in [2.45, 2.75) is 18.9 Å². The fourth-order valence-electron chi connectivity index (χ4n) is 1.12. The van der Waals surface area contributed by atoms with Crippen LogP contribution in [0.4, 0.5) is 0 Å². The molecule has 0 aromatic heterocycles. The third kappa shape index (κ3) is 1.27. The van der Waals surface area contributed by atoms with E-state index in [0.29, 0.717) is 6.42 Å². The van der Waals surface area contributed by atoms with Gasteiger partial charge in [0.25, 0.3) is 11.9 Å². The summed E-state index contributed by atoms with van der Waals surface area (Å²) in [6.45, 7) is 2.01. The summed E-state index contributed by atoms with van der Waals surface area (Å²) in [5.41, 5.74) is 4.28. The molecule has 68 valence electrons.